The summed E-state index contributed by atoms with van der Waals surface area (Å²) in [5.74, 6) is -0.123. The lowest BCUT2D eigenvalue weighted by Gasteiger charge is -2.24. The summed E-state index contributed by atoms with van der Waals surface area (Å²) in [4.78, 5) is 29.8. The molecule has 0 bridgehead atoms. The number of hydrogen-bond acceptors (Lipinski definition) is 4. The van der Waals surface area contributed by atoms with Crippen LogP contribution in [0.5, 0.6) is 0 Å². The fourth-order valence-electron chi connectivity index (χ4n) is 4.01. The van der Waals surface area contributed by atoms with E-state index >= 15 is 0 Å². The molecule has 1 amide bonds. The van der Waals surface area contributed by atoms with Crippen LogP contribution in [-0.2, 0) is 0 Å². The van der Waals surface area contributed by atoms with Gasteiger partial charge in [-0.25, -0.2) is 0 Å². The maximum absolute atomic E-state index is 13.6. The van der Waals surface area contributed by atoms with Gasteiger partial charge in [0.05, 0.1) is 17.1 Å². The Morgan fingerprint density at radius 3 is 2.48 bits per heavy atom. The molecule has 5 nitrogen and oxygen atoms in total. The molecule has 1 aliphatic heterocycles. The van der Waals surface area contributed by atoms with E-state index in [0.29, 0.717) is 28.7 Å². The van der Waals surface area contributed by atoms with Crippen LogP contribution in [0.1, 0.15) is 34.2 Å². The number of para-hydroxylation sites is 1. The number of aromatic nitrogens is 2. The van der Waals surface area contributed by atoms with Gasteiger partial charge in [-0.15, -0.1) is 11.3 Å². The molecule has 5 rings (SSSR count). The smallest absolute Gasteiger partial charge is 0.279 e. The van der Waals surface area contributed by atoms with E-state index < -0.39 is 0 Å². The van der Waals surface area contributed by atoms with Crippen molar-refractivity contribution >= 4 is 28.0 Å². The highest BCUT2D eigenvalue weighted by atomic mass is 32.1. The van der Waals surface area contributed by atoms with Crippen LogP contribution in [0.4, 0.5) is 0 Å². The van der Waals surface area contributed by atoms with Gasteiger partial charge < -0.3 is 4.90 Å². The molecule has 1 fully saturated rings. The predicted molar refractivity (Wildman–Crippen MR) is 115 cm³/mol. The zero-order valence-electron chi connectivity index (χ0n) is 15.7. The van der Waals surface area contributed by atoms with Crippen LogP contribution in [-0.4, -0.2) is 27.1 Å². The lowest BCUT2D eigenvalue weighted by atomic mass is 10.1. The molecule has 1 aliphatic rings. The molecule has 0 unspecified atom stereocenters. The Morgan fingerprint density at radius 2 is 1.72 bits per heavy atom. The van der Waals surface area contributed by atoms with Gasteiger partial charge in [0.25, 0.3) is 11.5 Å². The third-order valence-electron chi connectivity index (χ3n) is 5.39. The minimum Gasteiger partial charge on any atom is -0.329 e. The number of likely N-dealkylation sites (tertiary alicyclic amines) is 1. The molecular weight excluding hydrogens is 382 g/mol. The van der Waals surface area contributed by atoms with E-state index in [1.807, 2.05) is 64.9 Å². The van der Waals surface area contributed by atoms with Crippen LogP contribution < -0.4 is 5.56 Å². The summed E-state index contributed by atoms with van der Waals surface area (Å²) in [6.07, 6.45) is 1.91. The average Bonchev–Trinajstić information content (AvgIpc) is 3.46. The van der Waals surface area contributed by atoms with Crippen LogP contribution in [0.3, 0.4) is 0 Å². The highest BCUT2D eigenvalue weighted by Crippen LogP contribution is 2.35. The molecule has 29 heavy (non-hydrogen) atoms. The van der Waals surface area contributed by atoms with Crippen molar-refractivity contribution in [2.75, 3.05) is 6.54 Å². The molecule has 144 valence electrons. The molecule has 0 radical (unpaired) electrons. The molecule has 3 heterocycles. The van der Waals surface area contributed by atoms with Crippen molar-refractivity contribution in [3.8, 4) is 5.69 Å². The van der Waals surface area contributed by atoms with Crippen LogP contribution in [0, 0.1) is 0 Å². The third-order valence-corrected chi connectivity index (χ3v) is 6.37. The van der Waals surface area contributed by atoms with Gasteiger partial charge in [-0.2, -0.15) is 9.78 Å². The average molecular weight is 401 g/mol. The first kappa shape index (κ1) is 17.8. The second-order valence-corrected chi connectivity index (χ2v) is 8.10. The van der Waals surface area contributed by atoms with Crippen molar-refractivity contribution in [3.05, 3.63) is 93.0 Å². The minimum absolute atomic E-state index is 0.0696. The summed E-state index contributed by atoms with van der Waals surface area (Å²) in [6, 6.07) is 20.6. The zero-order valence-corrected chi connectivity index (χ0v) is 16.5. The van der Waals surface area contributed by atoms with Gasteiger partial charge in [0.1, 0.15) is 0 Å². The largest absolute Gasteiger partial charge is 0.329 e. The Bertz CT molecular complexity index is 1230. The summed E-state index contributed by atoms with van der Waals surface area (Å²) in [7, 11) is 0. The highest BCUT2D eigenvalue weighted by molar-refractivity contribution is 7.10. The number of carbonyl (C=O) groups is 1. The van der Waals surface area contributed by atoms with Gasteiger partial charge >= 0.3 is 0 Å². The zero-order chi connectivity index (χ0) is 19.8. The van der Waals surface area contributed by atoms with Crippen LogP contribution in [0.2, 0.25) is 0 Å². The molecule has 6 heteroatoms. The Balaban J connectivity index is 1.67. The first-order valence-corrected chi connectivity index (χ1v) is 10.5. The quantitative estimate of drug-likeness (QED) is 0.510. The van der Waals surface area contributed by atoms with Crippen LogP contribution >= 0.6 is 11.3 Å². The molecule has 1 atom stereocenters. The molecule has 0 spiro atoms. The predicted octanol–water partition coefficient (Wildman–Crippen LogP) is 4.42. The molecular formula is C23H19N3O2S. The van der Waals surface area contributed by atoms with Crippen molar-refractivity contribution in [1.29, 1.82) is 0 Å². The van der Waals surface area contributed by atoms with Gasteiger partial charge in [-0.1, -0.05) is 42.5 Å². The van der Waals surface area contributed by atoms with E-state index in [9.17, 15) is 9.59 Å². The fraction of sp³-hybridized carbons (Fsp3) is 0.174. The monoisotopic (exact) mass is 401 g/mol. The van der Waals surface area contributed by atoms with Crippen molar-refractivity contribution in [2.45, 2.75) is 18.9 Å². The number of benzene rings is 2. The minimum atomic E-state index is -0.223. The van der Waals surface area contributed by atoms with Crippen LogP contribution in [0.25, 0.3) is 16.5 Å². The lowest BCUT2D eigenvalue weighted by molar-refractivity contribution is 0.0732. The topological polar surface area (TPSA) is 55.2 Å². The van der Waals surface area contributed by atoms with E-state index in [-0.39, 0.29) is 17.5 Å². The van der Waals surface area contributed by atoms with Gasteiger partial charge in [-0.3, -0.25) is 9.59 Å². The molecule has 2 aromatic carbocycles. The van der Waals surface area contributed by atoms with Gasteiger partial charge in [-0.05, 0) is 42.5 Å². The Morgan fingerprint density at radius 1 is 0.966 bits per heavy atom. The summed E-state index contributed by atoms with van der Waals surface area (Å²) in [5, 5.41) is 7.69. The number of thiophene rings is 1. The van der Waals surface area contributed by atoms with Gasteiger partial charge in [0.15, 0.2) is 5.69 Å². The molecule has 0 aliphatic carbocycles. The molecule has 0 saturated carbocycles. The Kier molecular flexibility index (Phi) is 4.48. The van der Waals surface area contributed by atoms with Crippen molar-refractivity contribution in [2.24, 2.45) is 0 Å². The summed E-state index contributed by atoms with van der Waals surface area (Å²) >= 11 is 1.67. The second kappa shape index (κ2) is 7.29. The Hall–Kier alpha value is -3.25. The van der Waals surface area contributed by atoms with E-state index in [4.69, 9.17) is 0 Å². The first-order valence-electron chi connectivity index (χ1n) is 9.66. The molecule has 0 N–H and O–H groups in total. The number of carbonyl (C=O) groups excluding carboxylic acids is 1. The van der Waals surface area contributed by atoms with Gasteiger partial charge in [0, 0.05) is 16.8 Å². The maximum Gasteiger partial charge on any atom is 0.279 e. The normalized spacial score (nSPS) is 16.4. The SMILES string of the molecule is O=C(c1nn(-c2ccccc2)c(=O)c2ccccc12)N1CCC[C@H]1c1cccs1. The summed E-state index contributed by atoms with van der Waals surface area (Å²) in [6.45, 7) is 0.696. The molecule has 1 saturated heterocycles. The van der Waals surface area contributed by atoms with E-state index in [2.05, 4.69) is 11.2 Å². The number of hydrogen-bond donors (Lipinski definition) is 0. The van der Waals surface area contributed by atoms with Crippen LogP contribution in [0.15, 0.2) is 76.9 Å². The van der Waals surface area contributed by atoms with E-state index in [1.165, 1.54) is 9.56 Å². The number of fused-ring (bicyclic) bond motifs is 1. The molecule has 4 aromatic rings. The fourth-order valence-corrected chi connectivity index (χ4v) is 4.89. The maximum atomic E-state index is 13.6. The first-order chi connectivity index (χ1) is 14.2. The third kappa shape index (κ3) is 3.06. The van der Waals surface area contributed by atoms with E-state index in [0.717, 1.165) is 12.8 Å². The van der Waals surface area contributed by atoms with E-state index in [1.54, 1.807) is 17.4 Å². The number of amides is 1. The number of nitrogens with zero attached hydrogens (tertiary/aromatic N) is 3. The second-order valence-electron chi connectivity index (χ2n) is 7.12. The highest BCUT2D eigenvalue weighted by Gasteiger charge is 2.33. The Labute approximate surface area is 171 Å². The summed E-state index contributed by atoms with van der Waals surface area (Å²) in [5.41, 5.74) is 0.751. The van der Waals surface area contributed by atoms with Crippen molar-refractivity contribution < 1.29 is 4.79 Å². The molecule has 2 aromatic heterocycles. The van der Waals surface area contributed by atoms with Crippen molar-refractivity contribution in [1.82, 2.24) is 14.7 Å². The number of rotatable bonds is 3. The lowest BCUT2D eigenvalue weighted by Crippen LogP contribution is -2.33. The van der Waals surface area contributed by atoms with Crippen molar-refractivity contribution in [3.63, 3.8) is 0 Å². The van der Waals surface area contributed by atoms with Gasteiger partial charge in [0.2, 0.25) is 0 Å². The standard InChI is InChI=1S/C23H19N3O2S/c27-22-18-11-5-4-10-17(18)21(24-26(22)16-8-2-1-3-9-16)23(28)25-14-6-12-19(25)20-13-7-15-29-20/h1-5,7-11,13,15,19H,6,12,14H2/t19-/m0/s1. The summed E-state index contributed by atoms with van der Waals surface area (Å²) < 4.78 is 1.34.